The highest BCUT2D eigenvalue weighted by Gasteiger charge is 2.07. The molecule has 0 aromatic heterocycles. The Balaban J connectivity index is 2.16. The van der Waals surface area contributed by atoms with E-state index in [0.717, 1.165) is 17.7 Å². The summed E-state index contributed by atoms with van der Waals surface area (Å²) >= 11 is 1.75. The molecule has 0 aliphatic heterocycles. The third-order valence-electron chi connectivity index (χ3n) is 2.68. The van der Waals surface area contributed by atoms with E-state index in [4.69, 9.17) is 0 Å². The van der Waals surface area contributed by atoms with Crippen molar-refractivity contribution in [3.63, 3.8) is 0 Å². The van der Waals surface area contributed by atoms with Gasteiger partial charge in [-0.2, -0.15) is 11.8 Å². The van der Waals surface area contributed by atoms with E-state index in [9.17, 15) is 9.90 Å². The maximum atomic E-state index is 11.4. The molecule has 0 saturated heterocycles. The Morgan fingerprint density at radius 1 is 1.39 bits per heavy atom. The molecule has 1 atom stereocenters. The van der Waals surface area contributed by atoms with Crippen LogP contribution in [0.2, 0.25) is 0 Å². The fraction of sp³-hybridized carbons (Fsp3) is 0.500. The maximum Gasteiger partial charge on any atom is 0.220 e. The molecule has 100 valence electrons. The number of amides is 1. The minimum Gasteiger partial charge on any atom is -0.388 e. The van der Waals surface area contributed by atoms with Crippen LogP contribution in [-0.4, -0.2) is 29.6 Å². The second kappa shape index (κ2) is 9.00. The number of hydrogen-bond acceptors (Lipinski definition) is 3. The highest BCUT2D eigenvalue weighted by molar-refractivity contribution is 7.98. The normalized spacial score (nSPS) is 12.1. The average molecular weight is 267 g/mol. The first kappa shape index (κ1) is 15.1. The topological polar surface area (TPSA) is 49.3 Å². The Morgan fingerprint density at radius 2 is 2.11 bits per heavy atom. The molecule has 1 aromatic rings. The van der Waals surface area contributed by atoms with Crippen LogP contribution < -0.4 is 5.32 Å². The zero-order valence-corrected chi connectivity index (χ0v) is 11.6. The van der Waals surface area contributed by atoms with Crippen molar-refractivity contribution in [3.8, 4) is 0 Å². The molecule has 0 radical (unpaired) electrons. The van der Waals surface area contributed by atoms with Gasteiger partial charge in [0.05, 0.1) is 6.10 Å². The third-order valence-corrected chi connectivity index (χ3v) is 3.37. The fourth-order valence-electron chi connectivity index (χ4n) is 1.66. The second-order valence-electron chi connectivity index (χ2n) is 4.16. The number of carbonyl (C=O) groups excluding carboxylic acids is 1. The van der Waals surface area contributed by atoms with Crippen LogP contribution in [0.25, 0.3) is 0 Å². The summed E-state index contributed by atoms with van der Waals surface area (Å²) in [7, 11) is 0. The Bertz CT molecular complexity index is 343. The van der Waals surface area contributed by atoms with Gasteiger partial charge in [-0.1, -0.05) is 30.3 Å². The highest BCUT2D eigenvalue weighted by atomic mass is 32.2. The molecule has 0 bridgehead atoms. The van der Waals surface area contributed by atoms with Gasteiger partial charge in [-0.05, 0) is 30.4 Å². The van der Waals surface area contributed by atoms with Gasteiger partial charge in [-0.25, -0.2) is 0 Å². The molecule has 0 aliphatic rings. The molecule has 0 saturated carbocycles. The average Bonchev–Trinajstić information content (AvgIpc) is 2.40. The van der Waals surface area contributed by atoms with E-state index in [-0.39, 0.29) is 5.91 Å². The Morgan fingerprint density at radius 3 is 2.78 bits per heavy atom. The van der Waals surface area contributed by atoms with Gasteiger partial charge < -0.3 is 10.4 Å². The van der Waals surface area contributed by atoms with Gasteiger partial charge in [-0.15, -0.1) is 0 Å². The van der Waals surface area contributed by atoms with Crippen molar-refractivity contribution < 1.29 is 9.90 Å². The summed E-state index contributed by atoms with van der Waals surface area (Å²) in [6.07, 6.45) is 3.57. The van der Waals surface area contributed by atoms with E-state index in [1.54, 1.807) is 11.8 Å². The van der Waals surface area contributed by atoms with E-state index in [1.807, 2.05) is 36.6 Å². The van der Waals surface area contributed by atoms with Crippen LogP contribution in [0.5, 0.6) is 0 Å². The minimum atomic E-state index is -0.502. The van der Waals surface area contributed by atoms with Gasteiger partial charge >= 0.3 is 0 Å². The zero-order chi connectivity index (χ0) is 13.2. The molecule has 1 aromatic carbocycles. The summed E-state index contributed by atoms with van der Waals surface area (Å²) in [4.78, 5) is 11.4. The molecule has 1 amide bonds. The molecule has 2 N–H and O–H groups in total. The van der Waals surface area contributed by atoms with Crippen molar-refractivity contribution >= 4 is 17.7 Å². The molecule has 0 heterocycles. The SMILES string of the molecule is CSCCCC(=O)NCCC(O)c1ccccc1. The van der Waals surface area contributed by atoms with Crippen LogP contribution in [0.3, 0.4) is 0 Å². The molecule has 0 fully saturated rings. The van der Waals surface area contributed by atoms with Gasteiger partial charge in [-0.3, -0.25) is 4.79 Å². The Hall–Kier alpha value is -1.00. The zero-order valence-electron chi connectivity index (χ0n) is 10.8. The molecule has 0 aliphatic carbocycles. The van der Waals surface area contributed by atoms with E-state index < -0.39 is 6.10 Å². The molecule has 4 heteroatoms. The Kier molecular flexibility index (Phi) is 7.53. The smallest absolute Gasteiger partial charge is 0.220 e. The van der Waals surface area contributed by atoms with Gasteiger partial charge in [0.15, 0.2) is 0 Å². The predicted octanol–water partition coefficient (Wildman–Crippen LogP) is 2.37. The van der Waals surface area contributed by atoms with E-state index in [1.165, 1.54) is 0 Å². The van der Waals surface area contributed by atoms with E-state index >= 15 is 0 Å². The van der Waals surface area contributed by atoms with E-state index in [2.05, 4.69) is 5.32 Å². The van der Waals surface area contributed by atoms with E-state index in [0.29, 0.717) is 19.4 Å². The van der Waals surface area contributed by atoms with Crippen molar-refractivity contribution in [1.82, 2.24) is 5.32 Å². The number of aliphatic hydroxyl groups excluding tert-OH is 1. The lowest BCUT2D eigenvalue weighted by Gasteiger charge is -2.11. The van der Waals surface area contributed by atoms with Gasteiger partial charge in [0.2, 0.25) is 5.91 Å². The van der Waals surface area contributed by atoms with Crippen LogP contribution in [0, 0.1) is 0 Å². The van der Waals surface area contributed by atoms with Crippen molar-refractivity contribution in [3.05, 3.63) is 35.9 Å². The molecular weight excluding hydrogens is 246 g/mol. The first-order chi connectivity index (χ1) is 8.74. The fourth-order valence-corrected chi connectivity index (χ4v) is 2.09. The van der Waals surface area contributed by atoms with Crippen LogP contribution >= 0.6 is 11.8 Å². The lowest BCUT2D eigenvalue weighted by Crippen LogP contribution is -2.25. The number of hydrogen-bond donors (Lipinski definition) is 2. The maximum absolute atomic E-state index is 11.4. The summed E-state index contributed by atoms with van der Waals surface area (Å²) in [6, 6.07) is 9.51. The standard InChI is InChI=1S/C14H21NO2S/c1-18-11-5-8-14(17)15-10-9-13(16)12-6-3-2-4-7-12/h2-4,6-7,13,16H,5,8-11H2,1H3,(H,15,17). The number of rotatable bonds is 8. The summed E-state index contributed by atoms with van der Waals surface area (Å²) in [5.41, 5.74) is 0.897. The lowest BCUT2D eigenvalue weighted by molar-refractivity contribution is -0.121. The van der Waals surface area contributed by atoms with Crippen molar-refractivity contribution in [2.24, 2.45) is 0 Å². The number of nitrogens with one attached hydrogen (secondary N) is 1. The number of aliphatic hydroxyl groups is 1. The number of carbonyl (C=O) groups is 1. The third kappa shape index (κ3) is 6.07. The summed E-state index contributed by atoms with van der Waals surface area (Å²) < 4.78 is 0. The predicted molar refractivity (Wildman–Crippen MR) is 76.6 cm³/mol. The molecule has 18 heavy (non-hydrogen) atoms. The van der Waals surface area contributed by atoms with Crippen LogP contribution in [-0.2, 0) is 4.79 Å². The molecule has 0 spiro atoms. The van der Waals surface area contributed by atoms with Crippen LogP contribution in [0.1, 0.15) is 30.9 Å². The van der Waals surface area contributed by atoms with Crippen LogP contribution in [0.15, 0.2) is 30.3 Å². The van der Waals surface area contributed by atoms with Crippen LogP contribution in [0.4, 0.5) is 0 Å². The molecular formula is C14H21NO2S. The summed E-state index contributed by atoms with van der Waals surface area (Å²) in [6.45, 7) is 0.522. The largest absolute Gasteiger partial charge is 0.388 e. The van der Waals surface area contributed by atoms with Crippen molar-refractivity contribution in [1.29, 1.82) is 0 Å². The quantitative estimate of drug-likeness (QED) is 0.711. The molecule has 3 nitrogen and oxygen atoms in total. The van der Waals surface area contributed by atoms with Gasteiger partial charge in [0, 0.05) is 13.0 Å². The molecule has 1 unspecified atom stereocenters. The first-order valence-electron chi connectivity index (χ1n) is 6.22. The summed E-state index contributed by atoms with van der Waals surface area (Å²) in [5, 5.41) is 12.7. The van der Waals surface area contributed by atoms with Gasteiger partial charge in [0.1, 0.15) is 0 Å². The Labute approximate surface area is 113 Å². The first-order valence-corrected chi connectivity index (χ1v) is 7.62. The monoisotopic (exact) mass is 267 g/mol. The molecule has 1 rings (SSSR count). The highest BCUT2D eigenvalue weighted by Crippen LogP contribution is 2.14. The summed E-state index contributed by atoms with van der Waals surface area (Å²) in [5.74, 6) is 1.09. The number of thioether (sulfide) groups is 1. The van der Waals surface area contributed by atoms with Gasteiger partial charge in [0.25, 0.3) is 0 Å². The second-order valence-corrected chi connectivity index (χ2v) is 5.15. The van der Waals surface area contributed by atoms with Crippen molar-refractivity contribution in [2.45, 2.75) is 25.4 Å². The number of benzene rings is 1. The minimum absolute atomic E-state index is 0.0734. The van der Waals surface area contributed by atoms with Crippen molar-refractivity contribution in [2.75, 3.05) is 18.6 Å². The lowest BCUT2D eigenvalue weighted by atomic mass is 10.1.